The van der Waals surface area contributed by atoms with Gasteiger partial charge in [-0.1, -0.05) is 10.0 Å². The summed E-state index contributed by atoms with van der Waals surface area (Å²) in [5.74, 6) is 0. The van der Waals surface area contributed by atoms with E-state index in [0.717, 1.165) is 0 Å². The van der Waals surface area contributed by atoms with Crippen LogP contribution in [0, 0.1) is 6.07 Å². The Balaban J connectivity index is 0.000000640. The maximum Gasteiger partial charge on any atom is 1.00 e. The van der Waals surface area contributed by atoms with Crippen LogP contribution < -0.4 is 0 Å². The van der Waals surface area contributed by atoms with Crippen molar-refractivity contribution in [2.75, 3.05) is 0 Å². The van der Waals surface area contributed by atoms with Gasteiger partial charge in [-0.25, -0.2) is 0 Å². The van der Waals surface area contributed by atoms with Crippen molar-refractivity contribution in [1.82, 2.24) is 0 Å². The fraction of sp³-hybridized carbons (Fsp3) is 0. The van der Waals surface area contributed by atoms with E-state index in [1.54, 1.807) is 18.2 Å². The zero-order chi connectivity index (χ0) is 5.98. The Morgan fingerprint density at radius 3 is 2.33 bits per heavy atom. The second-order valence-corrected chi connectivity index (χ2v) is 2.12. The van der Waals surface area contributed by atoms with E-state index in [1.165, 1.54) is 0 Å². The first-order valence-corrected chi connectivity index (χ1v) is 2.88. The molecule has 1 aromatic carbocycles. The Hall–Kier alpha value is 0.540. The number of halogens is 2. The molecule has 0 fully saturated rings. The third kappa shape index (κ3) is 2.74. The van der Waals surface area contributed by atoms with Crippen LogP contribution in [0.3, 0.4) is 0 Å². The Bertz CT molecular complexity index is 167. The van der Waals surface area contributed by atoms with E-state index < -0.39 is 0 Å². The number of hydrogen-bond donors (Lipinski definition) is 0. The van der Waals surface area contributed by atoms with Crippen LogP contribution in [0.2, 0.25) is 10.0 Å². The molecule has 0 saturated heterocycles. The van der Waals surface area contributed by atoms with Crippen molar-refractivity contribution in [2.24, 2.45) is 0 Å². The summed E-state index contributed by atoms with van der Waals surface area (Å²) in [6.07, 6.45) is 0. The molecule has 52 valence electrons. The van der Waals surface area contributed by atoms with E-state index in [9.17, 15) is 0 Å². The molecule has 0 atom stereocenters. The van der Waals surface area contributed by atoms with Crippen molar-refractivity contribution in [3.63, 3.8) is 0 Å². The van der Waals surface area contributed by atoms with Crippen LogP contribution in [0.25, 0.3) is 0 Å². The van der Waals surface area contributed by atoms with E-state index in [0.29, 0.717) is 10.0 Å². The molecule has 0 heterocycles. The summed E-state index contributed by atoms with van der Waals surface area (Å²) in [7, 11) is 0. The molecule has 0 radical (unpaired) electrons. The summed E-state index contributed by atoms with van der Waals surface area (Å²) in [5, 5.41) is 1.03. The van der Waals surface area contributed by atoms with Crippen molar-refractivity contribution in [3.8, 4) is 0 Å². The van der Waals surface area contributed by atoms with E-state index in [4.69, 9.17) is 23.2 Å². The summed E-state index contributed by atoms with van der Waals surface area (Å²) in [6.45, 7) is 0. The molecule has 0 unspecified atom stereocenters. The number of hydrogen-bond acceptors (Lipinski definition) is 0. The number of rotatable bonds is 0. The van der Waals surface area contributed by atoms with Gasteiger partial charge in [0.25, 0.3) is 0 Å². The fourth-order valence-corrected chi connectivity index (χ4v) is 0.649. The molecule has 0 saturated carbocycles. The first-order chi connectivity index (χ1) is 3.80. The summed E-state index contributed by atoms with van der Waals surface area (Å²) in [4.78, 5) is 0. The van der Waals surface area contributed by atoms with Crippen LogP contribution in [0.4, 0.5) is 0 Å². The second-order valence-electron chi connectivity index (χ2n) is 1.33. The topological polar surface area (TPSA) is 0 Å². The third-order valence-electron chi connectivity index (χ3n) is 0.759. The zero-order valence-corrected chi connectivity index (χ0v) is 7.97. The fourth-order valence-electron chi connectivity index (χ4n) is 0.396. The van der Waals surface area contributed by atoms with Crippen molar-refractivity contribution in [3.05, 3.63) is 34.3 Å². The Labute approximate surface area is 79.7 Å². The molecule has 0 amide bonds. The SMILES string of the molecule is Clc1[c-]cccc1Cl.[Au+]. The first kappa shape index (κ1) is 9.54. The van der Waals surface area contributed by atoms with E-state index in [1.807, 2.05) is 0 Å². The van der Waals surface area contributed by atoms with Crippen molar-refractivity contribution in [2.45, 2.75) is 0 Å². The van der Waals surface area contributed by atoms with Gasteiger partial charge >= 0.3 is 22.4 Å². The van der Waals surface area contributed by atoms with Gasteiger partial charge in [0.2, 0.25) is 0 Å². The van der Waals surface area contributed by atoms with E-state index in [2.05, 4.69) is 6.07 Å². The minimum atomic E-state index is 0. The molecule has 1 aromatic rings. The maximum atomic E-state index is 5.55. The Morgan fingerprint density at radius 1 is 1.33 bits per heavy atom. The summed E-state index contributed by atoms with van der Waals surface area (Å²) >= 11 is 11.1. The van der Waals surface area contributed by atoms with Crippen LogP contribution in [0.15, 0.2) is 18.2 Å². The van der Waals surface area contributed by atoms with Crippen molar-refractivity contribution >= 4 is 23.2 Å². The van der Waals surface area contributed by atoms with Crippen LogP contribution >= 0.6 is 23.2 Å². The van der Waals surface area contributed by atoms with Crippen LogP contribution in [0.5, 0.6) is 0 Å². The smallest absolute Gasteiger partial charge is 0.175 e. The third-order valence-corrected chi connectivity index (χ3v) is 1.48. The van der Waals surface area contributed by atoms with Crippen molar-refractivity contribution in [1.29, 1.82) is 0 Å². The zero-order valence-electron chi connectivity index (χ0n) is 4.29. The molecule has 0 aliphatic carbocycles. The van der Waals surface area contributed by atoms with Crippen LogP contribution in [0.1, 0.15) is 0 Å². The molecule has 0 bridgehead atoms. The van der Waals surface area contributed by atoms with Gasteiger partial charge in [0.15, 0.2) is 0 Å². The molecular formula is C6H3AuCl2. The van der Waals surface area contributed by atoms with Gasteiger partial charge in [-0.2, -0.15) is 35.9 Å². The molecule has 0 N–H and O–H groups in total. The second kappa shape index (κ2) is 4.37. The monoisotopic (exact) mass is 342 g/mol. The largest absolute Gasteiger partial charge is 1.00 e. The van der Waals surface area contributed by atoms with Crippen molar-refractivity contribution < 1.29 is 22.4 Å². The van der Waals surface area contributed by atoms with Crippen LogP contribution in [-0.4, -0.2) is 0 Å². The van der Waals surface area contributed by atoms with Gasteiger partial charge < -0.3 is 0 Å². The quantitative estimate of drug-likeness (QED) is 0.502. The summed E-state index contributed by atoms with van der Waals surface area (Å²) < 4.78 is 0. The molecule has 0 aliphatic rings. The molecule has 0 nitrogen and oxygen atoms in total. The molecule has 3 heteroatoms. The molecule has 1 rings (SSSR count). The van der Waals surface area contributed by atoms with Gasteiger partial charge in [-0.3, -0.25) is 0 Å². The normalized spacial score (nSPS) is 8.22. The predicted octanol–water partition coefficient (Wildman–Crippen LogP) is 2.79. The number of benzene rings is 1. The standard InChI is InChI=1S/C6H3Cl2.Au/c7-5-3-1-2-4-6(5)8;/h1-3H;/q-1;+1. The van der Waals surface area contributed by atoms with Gasteiger partial charge in [-0.15, -0.1) is 11.6 Å². The Morgan fingerprint density at radius 2 is 2.00 bits per heavy atom. The van der Waals surface area contributed by atoms with E-state index >= 15 is 0 Å². The Kier molecular flexibility index (Phi) is 4.63. The molecular weight excluding hydrogens is 340 g/mol. The van der Waals surface area contributed by atoms with Gasteiger partial charge in [0, 0.05) is 0 Å². The molecule has 9 heavy (non-hydrogen) atoms. The minimum absolute atomic E-state index is 0. The first-order valence-electron chi connectivity index (χ1n) is 2.12. The maximum absolute atomic E-state index is 5.55. The molecule has 0 spiro atoms. The molecule has 0 aliphatic heterocycles. The summed E-state index contributed by atoms with van der Waals surface area (Å²) in [5.41, 5.74) is 0. The average molecular weight is 343 g/mol. The van der Waals surface area contributed by atoms with Gasteiger partial charge in [0.05, 0.1) is 0 Å². The van der Waals surface area contributed by atoms with Crippen LogP contribution in [-0.2, 0) is 22.4 Å². The van der Waals surface area contributed by atoms with Gasteiger partial charge in [-0.05, 0) is 0 Å². The minimum Gasteiger partial charge on any atom is -0.175 e. The summed E-state index contributed by atoms with van der Waals surface area (Å²) in [6, 6.07) is 7.96. The van der Waals surface area contributed by atoms with E-state index in [-0.39, 0.29) is 22.4 Å². The predicted molar refractivity (Wildman–Crippen MR) is 35.3 cm³/mol. The molecule has 0 aromatic heterocycles. The average Bonchev–Trinajstić information content (AvgIpc) is 1.77. The van der Waals surface area contributed by atoms with Gasteiger partial charge in [0.1, 0.15) is 0 Å².